The first-order valence-corrected chi connectivity index (χ1v) is 6.19. The molecule has 2 aromatic carbocycles. The van der Waals surface area contributed by atoms with Crippen molar-refractivity contribution in [3.63, 3.8) is 0 Å². The van der Waals surface area contributed by atoms with Crippen molar-refractivity contribution in [2.45, 2.75) is 6.92 Å². The molecule has 0 fully saturated rings. The molecular weight excluding hydrogens is 242 g/mol. The predicted molar refractivity (Wildman–Crippen MR) is 79.3 cm³/mol. The van der Waals surface area contributed by atoms with E-state index in [1.807, 2.05) is 54.6 Å². The first kappa shape index (κ1) is 12.6. The van der Waals surface area contributed by atoms with Gasteiger partial charge in [0.1, 0.15) is 17.3 Å². The van der Waals surface area contributed by atoms with Gasteiger partial charge in [0.05, 0.1) is 0 Å². The molecule has 3 heteroatoms. The summed E-state index contributed by atoms with van der Waals surface area (Å²) in [7, 11) is 0. The summed E-state index contributed by atoms with van der Waals surface area (Å²) in [6, 6.07) is 17.7. The van der Waals surface area contributed by atoms with Gasteiger partial charge in [0.2, 0.25) is 0 Å². The van der Waals surface area contributed by atoms with Gasteiger partial charge in [-0.25, -0.2) is 0 Å². The van der Waals surface area contributed by atoms with E-state index in [2.05, 4.69) is 12.2 Å². The Balaban J connectivity index is 1.84. The molecule has 0 heterocycles. The summed E-state index contributed by atoms with van der Waals surface area (Å²) < 4.78 is 5.56. The van der Waals surface area contributed by atoms with Crippen molar-refractivity contribution < 1.29 is 4.74 Å². The molecule has 92 valence electrons. The maximum atomic E-state index is 5.56. The van der Waals surface area contributed by atoms with Crippen LogP contribution in [-0.4, -0.2) is 11.6 Å². The van der Waals surface area contributed by atoms with Crippen LogP contribution in [0.4, 0.5) is 5.69 Å². The zero-order valence-electron chi connectivity index (χ0n) is 10.2. The summed E-state index contributed by atoms with van der Waals surface area (Å²) in [6.45, 7) is 2.44. The number of nitrogens with one attached hydrogen (secondary N) is 1. The van der Waals surface area contributed by atoms with Crippen molar-refractivity contribution in [1.82, 2.24) is 0 Å². The second kappa shape index (κ2) is 6.17. The van der Waals surface area contributed by atoms with Crippen molar-refractivity contribution in [2.75, 3.05) is 11.9 Å². The number of benzene rings is 2. The molecule has 0 bridgehead atoms. The Kier molecular flexibility index (Phi) is 4.31. The fourth-order valence-corrected chi connectivity index (χ4v) is 1.68. The summed E-state index contributed by atoms with van der Waals surface area (Å²) >= 11 is 5.23. The standard InChI is InChI=1S/C15H15NOS/c1-12-7-9-13(10-8-12)16-15(18)11-17-14-5-3-2-4-6-14/h2-10H,11H2,1H3,(H,16,18). The molecular formula is C15H15NOS. The quantitative estimate of drug-likeness (QED) is 0.841. The maximum Gasteiger partial charge on any atom is 0.138 e. The Bertz CT molecular complexity index is 508. The highest BCUT2D eigenvalue weighted by Crippen LogP contribution is 2.10. The third-order valence-corrected chi connectivity index (χ3v) is 2.67. The number of hydrogen-bond donors (Lipinski definition) is 1. The van der Waals surface area contributed by atoms with E-state index in [0.717, 1.165) is 11.4 Å². The number of hydrogen-bond acceptors (Lipinski definition) is 2. The van der Waals surface area contributed by atoms with Crippen LogP contribution in [0.1, 0.15) is 5.56 Å². The second-order valence-electron chi connectivity index (χ2n) is 4.02. The van der Waals surface area contributed by atoms with Gasteiger partial charge < -0.3 is 10.1 Å². The molecule has 0 radical (unpaired) electrons. The Hall–Kier alpha value is -1.87. The van der Waals surface area contributed by atoms with Gasteiger partial charge in [0, 0.05) is 5.69 Å². The number of para-hydroxylation sites is 1. The van der Waals surface area contributed by atoms with Crippen LogP contribution in [0, 0.1) is 6.92 Å². The minimum atomic E-state index is 0.382. The molecule has 0 aliphatic rings. The Morgan fingerprint density at radius 1 is 1.06 bits per heavy atom. The summed E-state index contributed by atoms with van der Waals surface area (Å²) in [4.78, 5) is 0.669. The monoisotopic (exact) mass is 257 g/mol. The zero-order valence-corrected chi connectivity index (χ0v) is 11.0. The zero-order chi connectivity index (χ0) is 12.8. The van der Waals surface area contributed by atoms with E-state index in [1.54, 1.807) is 0 Å². The normalized spacial score (nSPS) is 9.83. The van der Waals surface area contributed by atoms with Gasteiger partial charge in [0.25, 0.3) is 0 Å². The van der Waals surface area contributed by atoms with Crippen molar-refractivity contribution in [2.24, 2.45) is 0 Å². The molecule has 0 saturated carbocycles. The van der Waals surface area contributed by atoms with Gasteiger partial charge >= 0.3 is 0 Å². The summed E-state index contributed by atoms with van der Waals surface area (Å²) in [5, 5.41) is 3.15. The van der Waals surface area contributed by atoms with E-state index in [1.165, 1.54) is 5.56 Å². The maximum absolute atomic E-state index is 5.56. The third-order valence-electron chi connectivity index (χ3n) is 2.45. The van der Waals surface area contributed by atoms with Crippen LogP contribution in [0.5, 0.6) is 5.75 Å². The Labute approximate surface area is 113 Å². The molecule has 1 N–H and O–H groups in total. The highest BCUT2D eigenvalue weighted by Gasteiger charge is 1.99. The van der Waals surface area contributed by atoms with Crippen LogP contribution in [0.15, 0.2) is 54.6 Å². The first-order chi connectivity index (χ1) is 8.74. The topological polar surface area (TPSA) is 21.3 Å². The van der Waals surface area contributed by atoms with Gasteiger partial charge in [-0.15, -0.1) is 0 Å². The average molecular weight is 257 g/mol. The molecule has 18 heavy (non-hydrogen) atoms. The fraction of sp³-hybridized carbons (Fsp3) is 0.133. The summed E-state index contributed by atoms with van der Waals surface area (Å²) in [5.41, 5.74) is 2.22. The van der Waals surface area contributed by atoms with Crippen molar-refractivity contribution in [1.29, 1.82) is 0 Å². The van der Waals surface area contributed by atoms with E-state index in [4.69, 9.17) is 17.0 Å². The van der Waals surface area contributed by atoms with Gasteiger partial charge in [0.15, 0.2) is 0 Å². The van der Waals surface area contributed by atoms with Crippen molar-refractivity contribution in [3.05, 3.63) is 60.2 Å². The first-order valence-electron chi connectivity index (χ1n) is 5.78. The van der Waals surface area contributed by atoms with E-state index in [0.29, 0.717) is 11.6 Å². The number of thiocarbonyl (C=S) groups is 1. The average Bonchev–Trinajstić information content (AvgIpc) is 2.40. The van der Waals surface area contributed by atoms with Crippen LogP contribution in [-0.2, 0) is 0 Å². The van der Waals surface area contributed by atoms with Crippen LogP contribution in [0.25, 0.3) is 0 Å². The largest absolute Gasteiger partial charge is 0.486 e. The lowest BCUT2D eigenvalue weighted by molar-refractivity contribution is 0.378. The fourth-order valence-electron chi connectivity index (χ4n) is 1.50. The molecule has 2 nitrogen and oxygen atoms in total. The van der Waals surface area contributed by atoms with E-state index < -0.39 is 0 Å². The molecule has 0 spiro atoms. The highest BCUT2D eigenvalue weighted by atomic mass is 32.1. The molecule has 0 aliphatic carbocycles. The minimum Gasteiger partial charge on any atom is -0.486 e. The molecule has 0 aromatic heterocycles. The number of aryl methyl sites for hydroxylation is 1. The number of ether oxygens (including phenoxy) is 1. The number of rotatable bonds is 4. The predicted octanol–water partition coefficient (Wildman–Crippen LogP) is 3.81. The van der Waals surface area contributed by atoms with Gasteiger partial charge in [-0.1, -0.05) is 48.1 Å². The van der Waals surface area contributed by atoms with Crippen LogP contribution in [0.2, 0.25) is 0 Å². The Morgan fingerprint density at radius 3 is 2.39 bits per heavy atom. The van der Waals surface area contributed by atoms with Crippen LogP contribution >= 0.6 is 12.2 Å². The molecule has 0 aliphatic heterocycles. The van der Waals surface area contributed by atoms with E-state index in [-0.39, 0.29) is 0 Å². The molecule has 0 atom stereocenters. The molecule has 2 aromatic rings. The SMILES string of the molecule is Cc1ccc(NC(=S)COc2ccccc2)cc1. The third kappa shape index (κ3) is 3.86. The lowest BCUT2D eigenvalue weighted by atomic mass is 10.2. The van der Waals surface area contributed by atoms with Gasteiger partial charge in [-0.3, -0.25) is 0 Å². The smallest absolute Gasteiger partial charge is 0.138 e. The lowest BCUT2D eigenvalue weighted by Crippen LogP contribution is -2.17. The van der Waals surface area contributed by atoms with Crippen LogP contribution < -0.4 is 10.1 Å². The van der Waals surface area contributed by atoms with Crippen LogP contribution in [0.3, 0.4) is 0 Å². The molecule has 2 rings (SSSR count). The Morgan fingerprint density at radius 2 is 1.72 bits per heavy atom. The second-order valence-corrected chi connectivity index (χ2v) is 4.51. The summed E-state index contributed by atoms with van der Waals surface area (Å²) in [5.74, 6) is 0.825. The highest BCUT2D eigenvalue weighted by molar-refractivity contribution is 7.80. The minimum absolute atomic E-state index is 0.382. The van der Waals surface area contributed by atoms with Gasteiger partial charge in [-0.05, 0) is 31.2 Å². The van der Waals surface area contributed by atoms with Crippen molar-refractivity contribution >= 4 is 22.9 Å². The molecule has 0 unspecified atom stereocenters. The van der Waals surface area contributed by atoms with E-state index >= 15 is 0 Å². The molecule has 0 saturated heterocycles. The molecule has 0 amide bonds. The van der Waals surface area contributed by atoms with E-state index in [9.17, 15) is 0 Å². The summed E-state index contributed by atoms with van der Waals surface area (Å²) in [6.07, 6.45) is 0. The van der Waals surface area contributed by atoms with Crippen molar-refractivity contribution in [3.8, 4) is 5.75 Å². The van der Waals surface area contributed by atoms with Gasteiger partial charge in [-0.2, -0.15) is 0 Å². The number of anilines is 1. The lowest BCUT2D eigenvalue weighted by Gasteiger charge is -2.09.